The highest BCUT2D eigenvalue weighted by molar-refractivity contribution is 7.22. The summed E-state index contributed by atoms with van der Waals surface area (Å²) in [5, 5.41) is 7.65. The SMILES string of the molecule is COc1ccc(-c2ccc3nc(NC(=O)C4CC4)sc3c2)cc1Nc1ncnc2cc(OC)c(OC3CN(C(=O)C=O)C3)cc12. The summed E-state index contributed by atoms with van der Waals surface area (Å²) < 4.78 is 18.3. The molecule has 45 heavy (non-hydrogen) atoms. The summed E-state index contributed by atoms with van der Waals surface area (Å²) in [7, 11) is 3.15. The van der Waals surface area contributed by atoms with E-state index in [0.717, 1.165) is 34.2 Å². The second kappa shape index (κ2) is 11.7. The smallest absolute Gasteiger partial charge is 0.286 e. The fourth-order valence-corrected chi connectivity index (χ4v) is 6.09. The lowest BCUT2D eigenvalue weighted by Crippen LogP contribution is -2.56. The molecular formula is C32H28N6O6S. The molecule has 2 N–H and O–H groups in total. The van der Waals surface area contributed by atoms with Crippen LogP contribution in [0, 0.1) is 5.92 Å². The van der Waals surface area contributed by atoms with Crippen LogP contribution in [0.5, 0.6) is 17.2 Å². The molecule has 1 aliphatic carbocycles. The minimum absolute atomic E-state index is 0.0373. The van der Waals surface area contributed by atoms with Gasteiger partial charge < -0.3 is 29.7 Å². The Morgan fingerprint density at radius 2 is 1.71 bits per heavy atom. The normalized spacial score (nSPS) is 14.6. The molecular weight excluding hydrogens is 596 g/mol. The lowest BCUT2D eigenvalue weighted by molar-refractivity contribution is -0.145. The number of fused-ring (bicyclic) bond motifs is 2. The topological polar surface area (TPSA) is 145 Å². The van der Waals surface area contributed by atoms with E-state index in [1.165, 1.54) is 22.6 Å². The van der Waals surface area contributed by atoms with E-state index in [9.17, 15) is 14.4 Å². The molecule has 12 nitrogen and oxygen atoms in total. The number of aldehydes is 1. The van der Waals surface area contributed by atoms with Crippen LogP contribution in [-0.2, 0) is 14.4 Å². The van der Waals surface area contributed by atoms with Crippen LogP contribution >= 0.6 is 11.3 Å². The molecule has 228 valence electrons. The predicted molar refractivity (Wildman–Crippen MR) is 169 cm³/mol. The largest absolute Gasteiger partial charge is 0.495 e. The Labute approximate surface area is 261 Å². The van der Waals surface area contributed by atoms with Gasteiger partial charge in [0.05, 0.1) is 48.7 Å². The van der Waals surface area contributed by atoms with Crippen molar-refractivity contribution in [3.8, 4) is 28.4 Å². The first-order valence-corrected chi connectivity index (χ1v) is 15.1. The average Bonchev–Trinajstić information content (AvgIpc) is 3.82. The maximum absolute atomic E-state index is 12.2. The molecule has 0 unspecified atom stereocenters. The van der Waals surface area contributed by atoms with E-state index in [1.807, 2.05) is 30.3 Å². The maximum atomic E-state index is 12.2. The van der Waals surface area contributed by atoms with Crippen molar-refractivity contribution in [1.29, 1.82) is 0 Å². The summed E-state index contributed by atoms with van der Waals surface area (Å²) in [5.74, 6) is 1.69. The predicted octanol–water partition coefficient (Wildman–Crippen LogP) is 4.80. The van der Waals surface area contributed by atoms with Gasteiger partial charge in [0, 0.05) is 17.4 Å². The zero-order valence-electron chi connectivity index (χ0n) is 24.4. The molecule has 13 heteroatoms. The van der Waals surface area contributed by atoms with Crippen molar-refractivity contribution in [2.24, 2.45) is 5.92 Å². The zero-order chi connectivity index (χ0) is 31.1. The second-order valence-corrected chi connectivity index (χ2v) is 11.9. The van der Waals surface area contributed by atoms with Gasteiger partial charge in [-0.15, -0.1) is 0 Å². The number of methoxy groups -OCH3 is 2. The highest BCUT2D eigenvalue weighted by Crippen LogP contribution is 2.39. The van der Waals surface area contributed by atoms with Crippen LogP contribution in [0.3, 0.4) is 0 Å². The van der Waals surface area contributed by atoms with Crippen molar-refractivity contribution in [3.63, 3.8) is 0 Å². The van der Waals surface area contributed by atoms with Crippen molar-refractivity contribution >= 4 is 67.2 Å². The third-order valence-electron chi connectivity index (χ3n) is 7.83. The number of anilines is 3. The Morgan fingerprint density at radius 1 is 0.933 bits per heavy atom. The van der Waals surface area contributed by atoms with Crippen LogP contribution in [0.15, 0.2) is 54.9 Å². The van der Waals surface area contributed by atoms with E-state index in [4.69, 9.17) is 14.2 Å². The van der Waals surface area contributed by atoms with E-state index in [1.54, 1.807) is 26.4 Å². The van der Waals surface area contributed by atoms with E-state index >= 15 is 0 Å². The Hall–Kier alpha value is -5.30. The number of carbonyl (C=O) groups is 3. The van der Waals surface area contributed by atoms with E-state index in [-0.39, 0.29) is 17.9 Å². The van der Waals surface area contributed by atoms with Gasteiger partial charge in [-0.05, 0) is 54.3 Å². The molecule has 1 saturated heterocycles. The minimum atomic E-state index is -0.564. The second-order valence-electron chi connectivity index (χ2n) is 10.8. The molecule has 2 aliphatic rings. The summed E-state index contributed by atoms with van der Waals surface area (Å²) in [6.45, 7) is 0.617. The van der Waals surface area contributed by atoms with E-state index in [2.05, 4.69) is 31.7 Å². The van der Waals surface area contributed by atoms with Gasteiger partial charge in [0.25, 0.3) is 5.91 Å². The Morgan fingerprint density at radius 3 is 2.47 bits per heavy atom. The lowest BCUT2D eigenvalue weighted by atomic mass is 10.0. The number of thiazole rings is 1. The average molecular weight is 625 g/mol. The van der Waals surface area contributed by atoms with Crippen molar-refractivity contribution in [3.05, 3.63) is 54.9 Å². The van der Waals surface area contributed by atoms with Gasteiger partial charge in [-0.3, -0.25) is 14.4 Å². The number of amides is 2. The van der Waals surface area contributed by atoms with E-state index < -0.39 is 5.91 Å². The van der Waals surface area contributed by atoms with Crippen LogP contribution in [0.2, 0.25) is 0 Å². The van der Waals surface area contributed by atoms with Gasteiger partial charge in [0.15, 0.2) is 16.6 Å². The van der Waals surface area contributed by atoms with Gasteiger partial charge in [0.1, 0.15) is 24.0 Å². The number of hydrogen-bond donors (Lipinski definition) is 2. The Kier molecular flexibility index (Phi) is 7.37. The Bertz CT molecular complexity index is 1970. The molecule has 7 rings (SSSR count). The molecule has 3 aromatic carbocycles. The number of nitrogens with one attached hydrogen (secondary N) is 2. The number of rotatable bonds is 10. The standard InChI is InChI=1S/C32H28N6O6S/c1-42-25-8-6-18(19-5-7-22-28(10-19)45-32(36-22)37-31(41)17-3-4-17)9-24(25)35-30-21-11-27(26(43-2)12-23(21)33-16-34-30)44-20-13-38(14-20)29(40)15-39/h5-12,15-17,20H,3-4,13-14H2,1-2H3,(H,33,34,35)(H,36,37,41). The number of hydrogen-bond acceptors (Lipinski definition) is 11. The fraction of sp³-hybridized carbons (Fsp3) is 0.250. The molecule has 2 fully saturated rings. The fourth-order valence-electron chi connectivity index (χ4n) is 5.19. The monoisotopic (exact) mass is 624 g/mol. The number of nitrogens with zero attached hydrogens (tertiary/aromatic N) is 4. The van der Waals surface area contributed by atoms with Crippen LogP contribution in [0.4, 0.5) is 16.6 Å². The molecule has 2 amide bonds. The van der Waals surface area contributed by atoms with Crippen LogP contribution in [0.1, 0.15) is 12.8 Å². The molecule has 1 aliphatic heterocycles. The highest BCUT2D eigenvalue weighted by atomic mass is 32.1. The number of ether oxygens (including phenoxy) is 3. The maximum Gasteiger partial charge on any atom is 0.286 e. The minimum Gasteiger partial charge on any atom is -0.495 e. The van der Waals surface area contributed by atoms with Gasteiger partial charge in [-0.2, -0.15) is 0 Å². The summed E-state index contributed by atoms with van der Waals surface area (Å²) >= 11 is 1.46. The molecule has 5 aromatic rings. The highest BCUT2D eigenvalue weighted by Gasteiger charge is 2.33. The first-order chi connectivity index (χ1) is 21.9. The van der Waals surface area contributed by atoms with Crippen molar-refractivity contribution < 1.29 is 28.6 Å². The molecule has 2 aromatic heterocycles. The number of carbonyl (C=O) groups excluding carboxylic acids is 3. The lowest BCUT2D eigenvalue weighted by Gasteiger charge is -2.37. The van der Waals surface area contributed by atoms with Crippen LogP contribution < -0.4 is 24.8 Å². The van der Waals surface area contributed by atoms with Gasteiger partial charge in [-0.1, -0.05) is 23.5 Å². The summed E-state index contributed by atoms with van der Waals surface area (Å²) in [4.78, 5) is 49.6. The number of likely N-dealkylation sites (tertiary alicyclic amines) is 1. The molecule has 0 radical (unpaired) electrons. The quantitative estimate of drug-likeness (QED) is 0.164. The van der Waals surface area contributed by atoms with Gasteiger partial charge in [0.2, 0.25) is 12.2 Å². The number of aromatic nitrogens is 3. The molecule has 3 heterocycles. The van der Waals surface area contributed by atoms with Crippen molar-refractivity contribution in [1.82, 2.24) is 19.9 Å². The molecule has 0 spiro atoms. The third-order valence-corrected chi connectivity index (χ3v) is 8.76. The summed E-state index contributed by atoms with van der Waals surface area (Å²) in [6, 6.07) is 15.4. The first kappa shape index (κ1) is 28.5. The molecule has 0 bridgehead atoms. The third kappa shape index (κ3) is 5.69. The van der Waals surface area contributed by atoms with Crippen LogP contribution in [0.25, 0.3) is 32.2 Å². The first-order valence-electron chi connectivity index (χ1n) is 14.3. The number of benzene rings is 3. The zero-order valence-corrected chi connectivity index (χ0v) is 25.2. The van der Waals surface area contributed by atoms with Crippen molar-refractivity contribution in [2.45, 2.75) is 18.9 Å². The van der Waals surface area contributed by atoms with Gasteiger partial charge in [-0.25, -0.2) is 15.0 Å². The molecule has 0 atom stereocenters. The summed E-state index contributed by atoms with van der Waals surface area (Å²) in [5.41, 5.74) is 4.08. The van der Waals surface area contributed by atoms with E-state index in [0.29, 0.717) is 64.2 Å². The van der Waals surface area contributed by atoms with Gasteiger partial charge >= 0.3 is 0 Å². The Balaban J connectivity index is 1.17. The summed E-state index contributed by atoms with van der Waals surface area (Å²) in [6.07, 6.45) is 3.37. The van der Waals surface area contributed by atoms with Crippen LogP contribution in [-0.4, -0.2) is 71.4 Å². The van der Waals surface area contributed by atoms with Crippen molar-refractivity contribution in [2.75, 3.05) is 37.9 Å². The molecule has 1 saturated carbocycles.